The van der Waals surface area contributed by atoms with E-state index in [0.717, 1.165) is 0 Å². The Balaban J connectivity index is 2.00. The highest BCUT2D eigenvalue weighted by molar-refractivity contribution is 6.29. The summed E-state index contributed by atoms with van der Waals surface area (Å²) in [4.78, 5) is 23.3. The van der Waals surface area contributed by atoms with Gasteiger partial charge in [0.05, 0.1) is 4.92 Å². The molecule has 5 nitrogen and oxygen atoms in total. The molecule has 0 radical (unpaired) electrons. The van der Waals surface area contributed by atoms with E-state index in [2.05, 4.69) is 5.32 Å². The van der Waals surface area contributed by atoms with Crippen LogP contribution in [0.4, 0.5) is 15.8 Å². The largest absolute Gasteiger partial charge is 0.322 e. The lowest BCUT2D eigenvalue weighted by atomic mass is 10.0. The van der Waals surface area contributed by atoms with Crippen LogP contribution in [0, 0.1) is 15.9 Å². The summed E-state index contributed by atoms with van der Waals surface area (Å²) in [6.45, 7) is 0. The number of rotatable bonds is 5. The quantitative estimate of drug-likeness (QED) is 0.303. The van der Waals surface area contributed by atoms with Crippen molar-refractivity contribution in [3.8, 4) is 0 Å². The van der Waals surface area contributed by atoms with Gasteiger partial charge in [-0.05, 0) is 35.4 Å². The fraction of sp³-hybridized carbons (Fsp3) is 0. The van der Waals surface area contributed by atoms with E-state index >= 15 is 0 Å². The number of nitro benzene ring substituents is 1. The highest BCUT2D eigenvalue weighted by atomic mass is 19.1. The summed E-state index contributed by atoms with van der Waals surface area (Å²) in [7, 11) is 0. The molecule has 1 N–H and O–H groups in total. The van der Waals surface area contributed by atoms with E-state index in [-0.39, 0.29) is 5.69 Å². The Morgan fingerprint density at radius 3 is 2.41 bits per heavy atom. The van der Waals surface area contributed by atoms with E-state index in [4.69, 9.17) is 0 Å². The highest BCUT2D eigenvalue weighted by Crippen LogP contribution is 2.23. The van der Waals surface area contributed by atoms with E-state index in [1.807, 2.05) is 6.07 Å². The molecule has 0 aromatic heterocycles. The van der Waals surface area contributed by atoms with Gasteiger partial charge in [-0.1, -0.05) is 48.5 Å². The first kappa shape index (κ1) is 18.0. The molecule has 134 valence electrons. The van der Waals surface area contributed by atoms with Crippen LogP contribution in [-0.4, -0.2) is 10.8 Å². The summed E-state index contributed by atoms with van der Waals surface area (Å²) < 4.78 is 13.4. The first-order chi connectivity index (χ1) is 13.0. The summed E-state index contributed by atoms with van der Waals surface area (Å²) in [5, 5.41) is 13.6. The van der Waals surface area contributed by atoms with Gasteiger partial charge in [-0.2, -0.15) is 0 Å². The van der Waals surface area contributed by atoms with Crippen molar-refractivity contribution in [3.63, 3.8) is 0 Å². The number of halogens is 1. The Labute approximate surface area is 154 Å². The van der Waals surface area contributed by atoms with Crippen molar-refractivity contribution in [1.29, 1.82) is 0 Å². The average Bonchev–Trinajstić information content (AvgIpc) is 2.67. The molecule has 3 rings (SSSR count). The molecule has 0 saturated heterocycles. The molecule has 0 atom stereocenters. The molecular weight excluding hydrogens is 347 g/mol. The number of anilines is 1. The van der Waals surface area contributed by atoms with E-state index in [1.54, 1.807) is 48.5 Å². The summed E-state index contributed by atoms with van der Waals surface area (Å²) in [6.07, 6.45) is 1.57. The van der Waals surface area contributed by atoms with Gasteiger partial charge in [-0.3, -0.25) is 14.9 Å². The maximum atomic E-state index is 13.4. The molecule has 0 bridgehead atoms. The smallest absolute Gasteiger partial charge is 0.270 e. The van der Waals surface area contributed by atoms with Crippen molar-refractivity contribution in [2.75, 3.05) is 5.32 Å². The zero-order valence-electron chi connectivity index (χ0n) is 14.1. The van der Waals surface area contributed by atoms with Crippen LogP contribution in [0.25, 0.3) is 11.6 Å². The third-order valence-electron chi connectivity index (χ3n) is 3.80. The molecule has 0 aliphatic carbocycles. The third-order valence-corrected chi connectivity index (χ3v) is 3.80. The molecule has 0 heterocycles. The first-order valence-electron chi connectivity index (χ1n) is 8.11. The van der Waals surface area contributed by atoms with Crippen LogP contribution in [-0.2, 0) is 4.79 Å². The van der Waals surface area contributed by atoms with Gasteiger partial charge in [-0.25, -0.2) is 4.39 Å². The minimum Gasteiger partial charge on any atom is -0.322 e. The van der Waals surface area contributed by atoms with E-state index in [9.17, 15) is 19.3 Å². The zero-order chi connectivity index (χ0) is 19.2. The van der Waals surface area contributed by atoms with Crippen LogP contribution >= 0.6 is 0 Å². The van der Waals surface area contributed by atoms with Crippen LogP contribution in [0.2, 0.25) is 0 Å². The van der Waals surface area contributed by atoms with Crippen LogP contribution < -0.4 is 5.32 Å². The monoisotopic (exact) mass is 362 g/mol. The Hall–Kier alpha value is -3.80. The van der Waals surface area contributed by atoms with Crippen molar-refractivity contribution >= 4 is 28.9 Å². The van der Waals surface area contributed by atoms with Gasteiger partial charge in [0.15, 0.2) is 0 Å². The molecular formula is C21H15FN2O3. The fourth-order valence-corrected chi connectivity index (χ4v) is 2.56. The van der Waals surface area contributed by atoms with Crippen molar-refractivity contribution in [2.45, 2.75) is 0 Å². The topological polar surface area (TPSA) is 72.2 Å². The number of carbonyl (C=O) groups is 1. The van der Waals surface area contributed by atoms with Crippen LogP contribution in [0.15, 0.2) is 78.9 Å². The van der Waals surface area contributed by atoms with Crippen LogP contribution in [0.1, 0.15) is 11.1 Å². The summed E-state index contributed by atoms with van der Waals surface area (Å²) in [6, 6.07) is 20.5. The van der Waals surface area contributed by atoms with Crippen LogP contribution in [0.3, 0.4) is 0 Å². The number of nitro groups is 1. The van der Waals surface area contributed by atoms with E-state index in [1.165, 1.54) is 30.3 Å². The number of hydrogen-bond acceptors (Lipinski definition) is 3. The normalized spacial score (nSPS) is 11.1. The van der Waals surface area contributed by atoms with Gasteiger partial charge in [0.25, 0.3) is 11.6 Å². The molecule has 6 heteroatoms. The van der Waals surface area contributed by atoms with Gasteiger partial charge >= 0.3 is 0 Å². The van der Waals surface area contributed by atoms with Crippen molar-refractivity contribution in [2.24, 2.45) is 0 Å². The standard InChI is InChI=1S/C21H15FN2O3/c22-17-9-5-10-18(14-17)23-21(25)20(16-7-2-1-3-8-16)13-15-6-4-11-19(12-15)24(26)27/h1-14H,(H,23,25). The zero-order valence-corrected chi connectivity index (χ0v) is 14.1. The lowest BCUT2D eigenvalue weighted by molar-refractivity contribution is -0.384. The van der Waals surface area contributed by atoms with Gasteiger partial charge in [0.2, 0.25) is 0 Å². The molecule has 0 spiro atoms. The third kappa shape index (κ3) is 4.64. The number of nitrogens with zero attached hydrogens (tertiary/aromatic N) is 1. The molecule has 1 amide bonds. The Morgan fingerprint density at radius 2 is 1.70 bits per heavy atom. The molecule has 0 saturated carbocycles. The summed E-state index contributed by atoms with van der Waals surface area (Å²) in [5.41, 5.74) is 1.71. The number of carbonyl (C=O) groups excluding carboxylic acids is 1. The fourth-order valence-electron chi connectivity index (χ4n) is 2.56. The minimum absolute atomic E-state index is 0.0679. The summed E-state index contributed by atoms with van der Waals surface area (Å²) >= 11 is 0. The van der Waals surface area contributed by atoms with Crippen molar-refractivity contribution < 1.29 is 14.1 Å². The molecule has 27 heavy (non-hydrogen) atoms. The minimum atomic E-state index is -0.494. The molecule has 0 aliphatic heterocycles. The first-order valence-corrected chi connectivity index (χ1v) is 8.11. The summed E-state index contributed by atoms with van der Waals surface area (Å²) in [5.74, 6) is -0.907. The number of benzene rings is 3. The lowest BCUT2D eigenvalue weighted by Crippen LogP contribution is -2.13. The average molecular weight is 362 g/mol. The molecule has 0 aliphatic rings. The number of non-ortho nitro benzene ring substituents is 1. The Bertz CT molecular complexity index is 1020. The van der Waals surface area contributed by atoms with Gasteiger partial charge in [0, 0.05) is 23.4 Å². The second kappa shape index (κ2) is 8.05. The van der Waals surface area contributed by atoms with E-state index in [0.29, 0.717) is 22.4 Å². The maximum Gasteiger partial charge on any atom is 0.270 e. The second-order valence-corrected chi connectivity index (χ2v) is 5.74. The van der Waals surface area contributed by atoms with Crippen molar-refractivity contribution in [1.82, 2.24) is 0 Å². The number of hydrogen-bond donors (Lipinski definition) is 1. The maximum absolute atomic E-state index is 13.4. The number of nitrogens with one attached hydrogen (secondary N) is 1. The lowest BCUT2D eigenvalue weighted by Gasteiger charge is -2.10. The molecule has 0 unspecified atom stereocenters. The van der Waals surface area contributed by atoms with Gasteiger partial charge in [-0.15, -0.1) is 0 Å². The molecule has 3 aromatic rings. The van der Waals surface area contributed by atoms with E-state index < -0.39 is 16.6 Å². The Kier molecular flexibility index (Phi) is 5.37. The predicted octanol–water partition coefficient (Wildman–Crippen LogP) is 4.91. The number of amides is 1. The highest BCUT2D eigenvalue weighted by Gasteiger charge is 2.14. The second-order valence-electron chi connectivity index (χ2n) is 5.74. The van der Waals surface area contributed by atoms with Gasteiger partial charge in [0.1, 0.15) is 5.82 Å². The van der Waals surface area contributed by atoms with Crippen molar-refractivity contribution in [3.05, 3.63) is 106 Å². The van der Waals surface area contributed by atoms with Crippen LogP contribution in [0.5, 0.6) is 0 Å². The van der Waals surface area contributed by atoms with Gasteiger partial charge < -0.3 is 5.32 Å². The Morgan fingerprint density at radius 1 is 0.963 bits per heavy atom. The SMILES string of the molecule is O=C(Nc1cccc(F)c1)C(=Cc1cccc([N+](=O)[O-])c1)c1ccccc1. The molecule has 0 fully saturated rings. The predicted molar refractivity (Wildman–Crippen MR) is 102 cm³/mol. The molecule has 3 aromatic carbocycles.